The molecule has 6 heteroatoms. The third-order valence-corrected chi connectivity index (χ3v) is 4.42. The Hall–Kier alpha value is -2.70. The standard InChI is InChI=1S/C23H28O6/c1-6-21(26-28-22(24)19-11-7-17(8-12-19)15(2)3)27-29-23(25)20-13-9-18(10-14-20)16(4)5/h7-16,21H,6H2,1-5H3. The maximum Gasteiger partial charge on any atom is 0.373 e. The Labute approximate surface area is 171 Å². The fraction of sp³-hybridized carbons (Fsp3) is 0.391. The lowest BCUT2D eigenvalue weighted by Gasteiger charge is -2.14. The Bertz CT molecular complexity index is 726. The van der Waals surface area contributed by atoms with Gasteiger partial charge in [0.2, 0.25) is 6.29 Å². The molecule has 0 fully saturated rings. The van der Waals surface area contributed by atoms with Crippen molar-refractivity contribution in [3.05, 3.63) is 70.8 Å². The Morgan fingerprint density at radius 2 is 1.03 bits per heavy atom. The lowest BCUT2D eigenvalue weighted by Crippen LogP contribution is -2.21. The first kappa shape index (κ1) is 22.6. The molecule has 0 saturated heterocycles. The van der Waals surface area contributed by atoms with E-state index < -0.39 is 18.2 Å². The van der Waals surface area contributed by atoms with Crippen molar-refractivity contribution in [1.29, 1.82) is 0 Å². The van der Waals surface area contributed by atoms with E-state index in [-0.39, 0.29) is 0 Å². The van der Waals surface area contributed by atoms with E-state index in [1.54, 1.807) is 31.2 Å². The van der Waals surface area contributed by atoms with Gasteiger partial charge in [0.15, 0.2) is 0 Å². The van der Waals surface area contributed by atoms with Gasteiger partial charge in [-0.05, 0) is 47.2 Å². The van der Waals surface area contributed by atoms with Gasteiger partial charge >= 0.3 is 11.9 Å². The van der Waals surface area contributed by atoms with Gasteiger partial charge in [-0.25, -0.2) is 9.59 Å². The van der Waals surface area contributed by atoms with Crippen molar-refractivity contribution < 1.29 is 29.1 Å². The first-order valence-electron chi connectivity index (χ1n) is 9.77. The Kier molecular flexibility index (Phi) is 8.36. The van der Waals surface area contributed by atoms with Crippen molar-refractivity contribution in [2.75, 3.05) is 0 Å². The second kappa shape index (κ2) is 10.7. The van der Waals surface area contributed by atoms with Crippen molar-refractivity contribution in [3.63, 3.8) is 0 Å². The predicted octanol–water partition coefficient (Wildman–Crippen LogP) is 5.55. The molecule has 2 aromatic rings. The molecule has 2 aromatic carbocycles. The van der Waals surface area contributed by atoms with E-state index in [0.717, 1.165) is 11.1 Å². The molecule has 0 aliphatic heterocycles. The van der Waals surface area contributed by atoms with Crippen LogP contribution in [0.5, 0.6) is 0 Å². The lowest BCUT2D eigenvalue weighted by atomic mass is 10.0. The minimum Gasteiger partial charge on any atom is -0.290 e. The molecular weight excluding hydrogens is 372 g/mol. The van der Waals surface area contributed by atoms with Crippen molar-refractivity contribution in [2.45, 2.75) is 59.2 Å². The molecule has 0 aliphatic rings. The first-order valence-corrected chi connectivity index (χ1v) is 9.77. The fourth-order valence-electron chi connectivity index (χ4n) is 2.45. The second-order valence-electron chi connectivity index (χ2n) is 7.33. The number of hydrogen-bond acceptors (Lipinski definition) is 6. The quantitative estimate of drug-likeness (QED) is 0.312. The van der Waals surface area contributed by atoms with Crippen molar-refractivity contribution in [1.82, 2.24) is 0 Å². The zero-order valence-corrected chi connectivity index (χ0v) is 17.5. The third-order valence-electron chi connectivity index (χ3n) is 4.42. The molecule has 0 heterocycles. The molecule has 2 rings (SSSR count). The van der Waals surface area contributed by atoms with E-state index in [9.17, 15) is 9.59 Å². The van der Waals surface area contributed by atoms with Gasteiger partial charge in [-0.15, -0.1) is 9.78 Å². The average molecular weight is 400 g/mol. The van der Waals surface area contributed by atoms with Crippen molar-refractivity contribution in [3.8, 4) is 0 Å². The summed E-state index contributed by atoms with van der Waals surface area (Å²) in [6.45, 7) is 10.0. The minimum atomic E-state index is -1.03. The van der Waals surface area contributed by atoms with Crippen LogP contribution in [0, 0.1) is 0 Å². The van der Waals surface area contributed by atoms with Gasteiger partial charge in [-0.2, -0.15) is 0 Å². The summed E-state index contributed by atoms with van der Waals surface area (Å²) in [5.74, 6) is -0.577. The third kappa shape index (κ3) is 6.69. The van der Waals surface area contributed by atoms with Crippen LogP contribution in [0.4, 0.5) is 0 Å². The summed E-state index contributed by atoms with van der Waals surface area (Å²) in [5, 5.41) is 0. The average Bonchev–Trinajstić information content (AvgIpc) is 2.73. The Balaban J connectivity index is 1.83. The van der Waals surface area contributed by atoms with Gasteiger partial charge in [-0.1, -0.05) is 58.9 Å². The van der Waals surface area contributed by atoms with Gasteiger partial charge < -0.3 is 0 Å². The molecule has 0 aliphatic carbocycles. The van der Waals surface area contributed by atoms with Crippen molar-refractivity contribution in [2.24, 2.45) is 0 Å². The van der Waals surface area contributed by atoms with Gasteiger partial charge in [-0.3, -0.25) is 9.78 Å². The van der Waals surface area contributed by atoms with Crippen LogP contribution in [0.25, 0.3) is 0 Å². The zero-order chi connectivity index (χ0) is 21.4. The van der Waals surface area contributed by atoms with Gasteiger partial charge in [0.25, 0.3) is 0 Å². The highest BCUT2D eigenvalue weighted by Gasteiger charge is 2.18. The molecule has 0 radical (unpaired) electrons. The highest BCUT2D eigenvalue weighted by Crippen LogP contribution is 2.17. The summed E-state index contributed by atoms with van der Waals surface area (Å²) >= 11 is 0. The van der Waals surface area contributed by atoms with Crippen LogP contribution in [-0.4, -0.2) is 18.2 Å². The van der Waals surface area contributed by atoms with Gasteiger partial charge in [0.1, 0.15) is 0 Å². The summed E-state index contributed by atoms with van der Waals surface area (Å²) < 4.78 is 0. The van der Waals surface area contributed by atoms with E-state index in [1.165, 1.54) is 0 Å². The van der Waals surface area contributed by atoms with Gasteiger partial charge in [0, 0.05) is 6.42 Å². The van der Waals surface area contributed by atoms with Crippen LogP contribution in [-0.2, 0) is 19.6 Å². The maximum absolute atomic E-state index is 12.1. The van der Waals surface area contributed by atoms with Crippen LogP contribution in [0.2, 0.25) is 0 Å². The summed E-state index contributed by atoms with van der Waals surface area (Å²) in [6.07, 6.45) is -0.730. The number of hydrogen-bond donors (Lipinski definition) is 0. The fourth-order valence-corrected chi connectivity index (χ4v) is 2.45. The second-order valence-corrected chi connectivity index (χ2v) is 7.33. The number of benzene rings is 2. The molecule has 0 N–H and O–H groups in total. The summed E-state index contributed by atoms with van der Waals surface area (Å²) in [6, 6.07) is 14.1. The topological polar surface area (TPSA) is 71.1 Å². The van der Waals surface area contributed by atoms with Crippen LogP contribution in [0.1, 0.15) is 84.7 Å². The van der Waals surface area contributed by atoms with Crippen LogP contribution < -0.4 is 0 Å². The number of rotatable bonds is 9. The summed E-state index contributed by atoms with van der Waals surface area (Å²) in [4.78, 5) is 43.7. The molecule has 0 bridgehead atoms. The van der Waals surface area contributed by atoms with Crippen molar-refractivity contribution >= 4 is 11.9 Å². The van der Waals surface area contributed by atoms with Crippen LogP contribution in [0.3, 0.4) is 0 Å². The molecule has 29 heavy (non-hydrogen) atoms. The maximum atomic E-state index is 12.1. The van der Waals surface area contributed by atoms with Gasteiger partial charge in [0.05, 0.1) is 11.1 Å². The molecule has 0 amide bonds. The van der Waals surface area contributed by atoms with E-state index >= 15 is 0 Å². The molecule has 156 valence electrons. The van der Waals surface area contributed by atoms with E-state index in [1.807, 2.05) is 24.3 Å². The molecule has 6 nitrogen and oxygen atoms in total. The van der Waals surface area contributed by atoms with E-state index in [0.29, 0.717) is 29.4 Å². The number of carbonyl (C=O) groups excluding carboxylic acids is 2. The molecule has 0 saturated carbocycles. The normalized spacial score (nSPS) is 11.2. The highest BCUT2D eigenvalue weighted by atomic mass is 17.3. The van der Waals surface area contributed by atoms with E-state index in [4.69, 9.17) is 19.6 Å². The molecule has 0 aromatic heterocycles. The summed E-state index contributed by atoms with van der Waals surface area (Å²) in [7, 11) is 0. The Morgan fingerprint density at radius 3 is 1.31 bits per heavy atom. The SMILES string of the molecule is CCC(OOC(=O)c1ccc(C(C)C)cc1)OOC(=O)c1ccc(C(C)C)cc1. The zero-order valence-electron chi connectivity index (χ0n) is 17.5. The molecular formula is C23H28O6. The first-order chi connectivity index (χ1) is 13.8. The minimum absolute atomic E-state index is 0.305. The predicted molar refractivity (Wildman–Crippen MR) is 108 cm³/mol. The highest BCUT2D eigenvalue weighted by molar-refractivity contribution is 5.89. The monoisotopic (exact) mass is 400 g/mol. The molecule has 0 spiro atoms. The number of carbonyl (C=O) groups is 2. The van der Waals surface area contributed by atoms with Crippen LogP contribution >= 0.6 is 0 Å². The smallest absolute Gasteiger partial charge is 0.290 e. The van der Waals surface area contributed by atoms with E-state index in [2.05, 4.69) is 27.7 Å². The lowest BCUT2D eigenvalue weighted by molar-refractivity contribution is -0.420. The summed E-state index contributed by atoms with van der Waals surface area (Å²) in [5.41, 5.74) is 2.94. The molecule has 0 unspecified atom stereocenters. The van der Waals surface area contributed by atoms with Crippen LogP contribution in [0.15, 0.2) is 48.5 Å². The Morgan fingerprint density at radius 1 is 0.690 bits per heavy atom. The largest absolute Gasteiger partial charge is 0.373 e. The molecule has 0 atom stereocenters.